The van der Waals surface area contributed by atoms with Gasteiger partial charge < -0.3 is 14.5 Å². The predicted octanol–water partition coefficient (Wildman–Crippen LogP) is 2.16. The number of amides is 2. The molecule has 1 aromatic rings. The number of ether oxygens (including phenoxy) is 1. The van der Waals surface area contributed by atoms with Gasteiger partial charge in [0.25, 0.3) is 5.91 Å². The van der Waals surface area contributed by atoms with Gasteiger partial charge in [0, 0.05) is 30.7 Å². The van der Waals surface area contributed by atoms with Crippen LogP contribution in [0.5, 0.6) is 0 Å². The third kappa shape index (κ3) is 3.75. The summed E-state index contributed by atoms with van der Waals surface area (Å²) in [5.74, 6) is 0.0724. The third-order valence-electron chi connectivity index (χ3n) is 4.48. The van der Waals surface area contributed by atoms with Crippen LogP contribution in [0.2, 0.25) is 0 Å². The number of hydrogen-bond donors (Lipinski definition) is 0. The molecule has 0 bridgehead atoms. The molecule has 6 heteroatoms. The molecule has 2 aliphatic heterocycles. The topological polar surface area (TPSA) is 49.9 Å². The van der Waals surface area contributed by atoms with Gasteiger partial charge >= 0.3 is 0 Å². The van der Waals surface area contributed by atoms with E-state index in [0.29, 0.717) is 45.0 Å². The molecule has 23 heavy (non-hydrogen) atoms. The van der Waals surface area contributed by atoms with Crippen molar-refractivity contribution in [2.45, 2.75) is 12.8 Å². The summed E-state index contributed by atoms with van der Waals surface area (Å²) in [6.45, 7) is 3.76. The van der Waals surface area contributed by atoms with Crippen molar-refractivity contribution in [3.05, 3.63) is 34.3 Å². The first-order valence-electron chi connectivity index (χ1n) is 8.07. The standard InChI is InChI=1S/C17H21BrN2O3/c18-15-6-2-1-5-14(15)17(22)20-7-3-4-13(12-20)16(21)19-8-10-23-11-9-19/h1-2,5-6,13H,3-4,7-12H2. The lowest BCUT2D eigenvalue weighted by molar-refractivity contribution is -0.141. The van der Waals surface area contributed by atoms with Crippen LogP contribution in [0, 0.1) is 5.92 Å². The number of nitrogens with zero attached hydrogens (tertiary/aromatic N) is 2. The molecule has 2 aliphatic rings. The molecular formula is C17H21BrN2O3. The smallest absolute Gasteiger partial charge is 0.255 e. The van der Waals surface area contributed by atoms with Crippen LogP contribution >= 0.6 is 15.9 Å². The third-order valence-corrected chi connectivity index (χ3v) is 5.18. The van der Waals surface area contributed by atoms with E-state index in [0.717, 1.165) is 17.3 Å². The van der Waals surface area contributed by atoms with Crippen molar-refractivity contribution in [1.29, 1.82) is 0 Å². The van der Waals surface area contributed by atoms with Crippen LogP contribution in [0.3, 0.4) is 0 Å². The Morgan fingerprint density at radius 3 is 2.57 bits per heavy atom. The first kappa shape index (κ1) is 16.5. The molecule has 1 aromatic carbocycles. The Labute approximate surface area is 144 Å². The molecule has 0 radical (unpaired) electrons. The molecule has 1 unspecified atom stereocenters. The van der Waals surface area contributed by atoms with E-state index in [9.17, 15) is 9.59 Å². The molecule has 0 aromatic heterocycles. The molecule has 0 saturated carbocycles. The average molecular weight is 381 g/mol. The number of rotatable bonds is 2. The fraction of sp³-hybridized carbons (Fsp3) is 0.529. The number of hydrogen-bond acceptors (Lipinski definition) is 3. The lowest BCUT2D eigenvalue weighted by atomic mass is 9.95. The minimum atomic E-state index is -0.0895. The van der Waals surface area contributed by atoms with Crippen LogP contribution in [0.25, 0.3) is 0 Å². The number of benzene rings is 1. The Morgan fingerprint density at radius 2 is 1.83 bits per heavy atom. The molecule has 0 aliphatic carbocycles. The number of piperidine rings is 1. The summed E-state index contributed by atoms with van der Waals surface area (Å²) in [6, 6.07) is 7.44. The normalized spacial score (nSPS) is 22.0. The van der Waals surface area contributed by atoms with Crippen LogP contribution in [-0.4, -0.2) is 61.0 Å². The Balaban J connectivity index is 1.67. The van der Waals surface area contributed by atoms with Crippen LogP contribution in [0.4, 0.5) is 0 Å². The minimum absolute atomic E-state index is 0.00282. The zero-order valence-corrected chi connectivity index (χ0v) is 14.6. The molecule has 2 saturated heterocycles. The summed E-state index contributed by atoms with van der Waals surface area (Å²) in [5, 5.41) is 0. The van der Waals surface area contributed by atoms with E-state index in [1.165, 1.54) is 0 Å². The van der Waals surface area contributed by atoms with Gasteiger partial charge in [0.2, 0.25) is 5.91 Å². The lowest BCUT2D eigenvalue weighted by Gasteiger charge is -2.36. The van der Waals surface area contributed by atoms with Gasteiger partial charge in [0.15, 0.2) is 0 Å². The van der Waals surface area contributed by atoms with Crippen molar-refractivity contribution in [3.63, 3.8) is 0 Å². The van der Waals surface area contributed by atoms with E-state index in [1.54, 1.807) is 0 Å². The number of carbonyl (C=O) groups excluding carboxylic acids is 2. The van der Waals surface area contributed by atoms with Gasteiger partial charge in [-0.15, -0.1) is 0 Å². The molecule has 0 spiro atoms. The zero-order valence-electron chi connectivity index (χ0n) is 13.0. The largest absolute Gasteiger partial charge is 0.378 e. The van der Waals surface area contributed by atoms with Crippen molar-refractivity contribution >= 4 is 27.7 Å². The first-order valence-corrected chi connectivity index (χ1v) is 8.86. The van der Waals surface area contributed by atoms with E-state index in [4.69, 9.17) is 4.74 Å². The summed E-state index contributed by atoms with van der Waals surface area (Å²) < 4.78 is 6.10. The molecule has 5 nitrogen and oxygen atoms in total. The van der Waals surface area contributed by atoms with Gasteiger partial charge in [0.05, 0.1) is 24.7 Å². The second-order valence-corrected chi connectivity index (χ2v) is 6.86. The van der Waals surface area contributed by atoms with Gasteiger partial charge in [-0.3, -0.25) is 9.59 Å². The molecule has 2 fully saturated rings. The van der Waals surface area contributed by atoms with E-state index < -0.39 is 0 Å². The molecular weight excluding hydrogens is 360 g/mol. The fourth-order valence-electron chi connectivity index (χ4n) is 3.21. The highest BCUT2D eigenvalue weighted by Crippen LogP contribution is 2.24. The summed E-state index contributed by atoms with van der Waals surface area (Å²) >= 11 is 3.43. The van der Waals surface area contributed by atoms with E-state index in [2.05, 4.69) is 15.9 Å². The highest BCUT2D eigenvalue weighted by atomic mass is 79.9. The molecule has 2 amide bonds. The summed E-state index contributed by atoms with van der Waals surface area (Å²) in [4.78, 5) is 29.1. The molecule has 3 rings (SSSR count). The Hall–Kier alpha value is -1.40. The Kier molecular flexibility index (Phi) is 5.33. The van der Waals surface area contributed by atoms with E-state index in [-0.39, 0.29) is 17.7 Å². The average Bonchev–Trinajstić information content (AvgIpc) is 2.62. The van der Waals surface area contributed by atoms with E-state index in [1.807, 2.05) is 34.1 Å². The van der Waals surface area contributed by atoms with Crippen molar-refractivity contribution < 1.29 is 14.3 Å². The van der Waals surface area contributed by atoms with Gasteiger partial charge in [-0.1, -0.05) is 12.1 Å². The quantitative estimate of drug-likeness (QED) is 0.789. The number of likely N-dealkylation sites (tertiary alicyclic amines) is 1. The maximum atomic E-state index is 12.7. The van der Waals surface area contributed by atoms with Crippen molar-refractivity contribution in [3.8, 4) is 0 Å². The Morgan fingerprint density at radius 1 is 1.09 bits per heavy atom. The monoisotopic (exact) mass is 380 g/mol. The van der Waals surface area contributed by atoms with Gasteiger partial charge in [-0.25, -0.2) is 0 Å². The SMILES string of the molecule is O=C(c1ccccc1Br)N1CCCC(C(=O)N2CCOCC2)C1. The van der Waals surface area contributed by atoms with Crippen molar-refractivity contribution in [2.75, 3.05) is 39.4 Å². The molecule has 0 N–H and O–H groups in total. The molecule has 124 valence electrons. The van der Waals surface area contributed by atoms with Crippen LogP contribution in [0.1, 0.15) is 23.2 Å². The second kappa shape index (κ2) is 7.45. The fourth-order valence-corrected chi connectivity index (χ4v) is 3.66. The zero-order chi connectivity index (χ0) is 16.2. The number of carbonyl (C=O) groups is 2. The molecule has 1 atom stereocenters. The van der Waals surface area contributed by atoms with Gasteiger partial charge in [-0.05, 0) is 40.9 Å². The molecule has 2 heterocycles. The highest BCUT2D eigenvalue weighted by Gasteiger charge is 2.32. The summed E-state index contributed by atoms with van der Waals surface area (Å²) in [5.41, 5.74) is 0.659. The van der Waals surface area contributed by atoms with E-state index >= 15 is 0 Å². The lowest BCUT2D eigenvalue weighted by Crippen LogP contribution is -2.49. The van der Waals surface area contributed by atoms with Crippen LogP contribution in [-0.2, 0) is 9.53 Å². The predicted molar refractivity (Wildman–Crippen MR) is 90.2 cm³/mol. The van der Waals surface area contributed by atoms with Crippen LogP contribution < -0.4 is 0 Å². The minimum Gasteiger partial charge on any atom is -0.378 e. The van der Waals surface area contributed by atoms with Crippen molar-refractivity contribution in [2.24, 2.45) is 5.92 Å². The van der Waals surface area contributed by atoms with Crippen molar-refractivity contribution in [1.82, 2.24) is 9.80 Å². The van der Waals surface area contributed by atoms with Gasteiger partial charge in [-0.2, -0.15) is 0 Å². The maximum absolute atomic E-state index is 12.7. The number of halogens is 1. The first-order chi connectivity index (χ1) is 11.2. The number of morpholine rings is 1. The second-order valence-electron chi connectivity index (χ2n) is 6.01. The van der Waals surface area contributed by atoms with Crippen LogP contribution in [0.15, 0.2) is 28.7 Å². The summed E-state index contributed by atoms with van der Waals surface area (Å²) in [6.07, 6.45) is 1.73. The highest BCUT2D eigenvalue weighted by molar-refractivity contribution is 9.10. The maximum Gasteiger partial charge on any atom is 0.255 e. The van der Waals surface area contributed by atoms with Gasteiger partial charge in [0.1, 0.15) is 0 Å². The summed E-state index contributed by atoms with van der Waals surface area (Å²) in [7, 11) is 0. The Bertz CT molecular complexity index is 587.